The molecule has 0 saturated carbocycles. The van der Waals surface area contributed by atoms with E-state index in [1.165, 1.54) is 23.2 Å². The van der Waals surface area contributed by atoms with Crippen LogP contribution in [0, 0.1) is 5.92 Å². The fourth-order valence-electron chi connectivity index (χ4n) is 5.08. The number of anilines is 1. The highest BCUT2D eigenvalue weighted by atomic mass is 16.1. The zero-order valence-electron chi connectivity index (χ0n) is 16.2. The van der Waals surface area contributed by atoms with Gasteiger partial charge in [0.1, 0.15) is 0 Å². The number of hydrogen-bond donors (Lipinski definition) is 0. The van der Waals surface area contributed by atoms with E-state index in [4.69, 9.17) is 0 Å². The topological polar surface area (TPSA) is 20.3 Å². The summed E-state index contributed by atoms with van der Waals surface area (Å²) in [5.74, 6) is 1.39. The van der Waals surface area contributed by atoms with Crippen molar-refractivity contribution >= 4 is 11.5 Å². The second-order valence-electron chi connectivity index (χ2n) is 8.27. The van der Waals surface area contributed by atoms with Crippen LogP contribution in [0.4, 0.5) is 5.69 Å². The maximum absolute atomic E-state index is 12.6. The SMILES string of the molecule is C[C@@H]1c2ccccc2N2C[C@H](Cc3ccc(C(=O)c4ccccc4)cc3)C[C@@H]12. The number of hydrogen-bond acceptors (Lipinski definition) is 2. The number of nitrogens with zero attached hydrogens (tertiary/aromatic N) is 1. The average molecular weight is 367 g/mol. The summed E-state index contributed by atoms with van der Waals surface area (Å²) in [6.45, 7) is 3.51. The molecule has 0 aliphatic carbocycles. The highest BCUT2D eigenvalue weighted by Gasteiger charge is 2.42. The van der Waals surface area contributed by atoms with E-state index in [-0.39, 0.29) is 5.78 Å². The summed E-state index contributed by atoms with van der Waals surface area (Å²) in [5, 5.41) is 0. The molecular weight excluding hydrogens is 342 g/mol. The van der Waals surface area contributed by atoms with Crippen molar-refractivity contribution in [2.45, 2.75) is 31.7 Å². The number of carbonyl (C=O) groups excluding carboxylic acids is 1. The Labute approximate surface area is 166 Å². The molecule has 0 radical (unpaired) electrons. The lowest BCUT2D eigenvalue weighted by Crippen LogP contribution is -2.26. The van der Waals surface area contributed by atoms with Gasteiger partial charge in [0.05, 0.1) is 0 Å². The molecule has 2 heterocycles. The lowest BCUT2D eigenvalue weighted by molar-refractivity contribution is 0.103. The van der Waals surface area contributed by atoms with E-state index in [0.29, 0.717) is 17.9 Å². The average Bonchev–Trinajstić information content (AvgIpc) is 3.27. The smallest absolute Gasteiger partial charge is 0.193 e. The van der Waals surface area contributed by atoms with Crippen molar-refractivity contribution in [3.05, 3.63) is 101 Å². The van der Waals surface area contributed by atoms with E-state index in [1.54, 1.807) is 0 Å². The lowest BCUT2D eigenvalue weighted by Gasteiger charge is -2.20. The van der Waals surface area contributed by atoms with Gasteiger partial charge >= 0.3 is 0 Å². The summed E-state index contributed by atoms with van der Waals surface area (Å²) in [5.41, 5.74) is 5.79. The van der Waals surface area contributed by atoms with Gasteiger partial charge < -0.3 is 4.90 Å². The molecule has 1 saturated heterocycles. The van der Waals surface area contributed by atoms with Crippen molar-refractivity contribution in [3.63, 3.8) is 0 Å². The molecule has 3 aromatic carbocycles. The Hall–Kier alpha value is -2.87. The molecular formula is C26H25NO. The van der Waals surface area contributed by atoms with E-state index in [2.05, 4.69) is 48.2 Å². The van der Waals surface area contributed by atoms with Gasteiger partial charge in [0.15, 0.2) is 5.78 Å². The normalized spacial score (nSPS) is 22.8. The molecule has 0 amide bonds. The molecule has 5 rings (SSSR count). The summed E-state index contributed by atoms with van der Waals surface area (Å²) in [7, 11) is 0. The van der Waals surface area contributed by atoms with Gasteiger partial charge in [-0.3, -0.25) is 4.79 Å². The Kier molecular flexibility index (Phi) is 4.27. The minimum atomic E-state index is 0.0964. The molecule has 140 valence electrons. The van der Waals surface area contributed by atoms with Crippen molar-refractivity contribution in [1.82, 2.24) is 0 Å². The van der Waals surface area contributed by atoms with Gasteiger partial charge in [-0.05, 0) is 36.0 Å². The van der Waals surface area contributed by atoms with E-state index < -0.39 is 0 Å². The van der Waals surface area contributed by atoms with E-state index in [9.17, 15) is 4.79 Å². The minimum Gasteiger partial charge on any atom is -0.367 e. The van der Waals surface area contributed by atoms with E-state index in [0.717, 1.165) is 24.1 Å². The van der Waals surface area contributed by atoms with Gasteiger partial charge in [0.25, 0.3) is 0 Å². The lowest BCUT2D eigenvalue weighted by atomic mass is 9.89. The van der Waals surface area contributed by atoms with Crippen LogP contribution in [0.3, 0.4) is 0 Å². The Morgan fingerprint density at radius 1 is 0.893 bits per heavy atom. The second-order valence-corrected chi connectivity index (χ2v) is 8.27. The highest BCUT2D eigenvalue weighted by Crippen LogP contribution is 2.47. The quantitative estimate of drug-likeness (QED) is 0.570. The summed E-state index contributed by atoms with van der Waals surface area (Å²) in [6, 6.07) is 27.3. The van der Waals surface area contributed by atoms with Crippen LogP contribution in [-0.2, 0) is 6.42 Å². The standard InChI is InChI=1S/C26H25NO/c1-18-23-9-5-6-10-24(23)27-17-20(16-25(18)27)15-19-11-13-22(14-12-19)26(28)21-7-3-2-4-8-21/h2-14,18,20,25H,15-17H2,1H3/t18-,20-,25+/m1/s1. The molecule has 0 unspecified atom stereocenters. The molecule has 3 atom stereocenters. The number of benzene rings is 3. The zero-order valence-corrected chi connectivity index (χ0v) is 16.2. The predicted octanol–water partition coefficient (Wildman–Crippen LogP) is 5.47. The van der Waals surface area contributed by atoms with Crippen LogP contribution in [0.15, 0.2) is 78.9 Å². The van der Waals surface area contributed by atoms with E-state index >= 15 is 0 Å². The van der Waals surface area contributed by atoms with Crippen molar-refractivity contribution in [2.75, 3.05) is 11.4 Å². The van der Waals surface area contributed by atoms with Crippen molar-refractivity contribution < 1.29 is 4.79 Å². The number of ketones is 1. The molecule has 0 aromatic heterocycles. The number of para-hydroxylation sites is 1. The molecule has 0 N–H and O–H groups in total. The monoisotopic (exact) mass is 367 g/mol. The zero-order chi connectivity index (χ0) is 19.1. The third-order valence-corrected chi connectivity index (χ3v) is 6.52. The van der Waals surface area contributed by atoms with Gasteiger partial charge in [-0.1, -0.05) is 79.7 Å². The fraction of sp³-hybridized carbons (Fsp3) is 0.269. The summed E-state index contributed by atoms with van der Waals surface area (Å²) in [4.78, 5) is 15.2. The molecule has 2 aliphatic heterocycles. The maximum Gasteiger partial charge on any atom is 0.193 e. The van der Waals surface area contributed by atoms with Crippen LogP contribution in [0.2, 0.25) is 0 Å². The Morgan fingerprint density at radius 2 is 1.57 bits per heavy atom. The van der Waals surface area contributed by atoms with Gasteiger partial charge in [-0.2, -0.15) is 0 Å². The molecule has 3 aromatic rings. The van der Waals surface area contributed by atoms with Crippen LogP contribution < -0.4 is 4.90 Å². The fourth-order valence-corrected chi connectivity index (χ4v) is 5.08. The van der Waals surface area contributed by atoms with Crippen molar-refractivity contribution in [1.29, 1.82) is 0 Å². The largest absolute Gasteiger partial charge is 0.367 e. The molecule has 0 bridgehead atoms. The molecule has 2 heteroatoms. The van der Waals surface area contributed by atoms with Crippen LogP contribution in [0.25, 0.3) is 0 Å². The first-order chi connectivity index (χ1) is 13.7. The third-order valence-electron chi connectivity index (χ3n) is 6.52. The number of rotatable bonds is 4. The highest BCUT2D eigenvalue weighted by molar-refractivity contribution is 6.08. The van der Waals surface area contributed by atoms with Crippen LogP contribution >= 0.6 is 0 Å². The van der Waals surface area contributed by atoms with Gasteiger partial charge in [-0.25, -0.2) is 0 Å². The van der Waals surface area contributed by atoms with Crippen LogP contribution in [-0.4, -0.2) is 18.4 Å². The van der Waals surface area contributed by atoms with Gasteiger partial charge in [-0.15, -0.1) is 0 Å². The molecule has 1 fully saturated rings. The third kappa shape index (κ3) is 2.93. The first kappa shape index (κ1) is 17.2. The Balaban J connectivity index is 1.28. The van der Waals surface area contributed by atoms with Crippen LogP contribution in [0.1, 0.15) is 46.3 Å². The van der Waals surface area contributed by atoms with Gasteiger partial charge in [0, 0.05) is 35.3 Å². The second kappa shape index (κ2) is 6.94. The maximum atomic E-state index is 12.6. The first-order valence-electron chi connectivity index (χ1n) is 10.2. The van der Waals surface area contributed by atoms with Crippen molar-refractivity contribution in [2.24, 2.45) is 5.92 Å². The van der Waals surface area contributed by atoms with Gasteiger partial charge in [0.2, 0.25) is 0 Å². The van der Waals surface area contributed by atoms with Crippen LogP contribution in [0.5, 0.6) is 0 Å². The molecule has 2 nitrogen and oxygen atoms in total. The van der Waals surface area contributed by atoms with E-state index in [1.807, 2.05) is 42.5 Å². The number of carbonyl (C=O) groups is 1. The Bertz CT molecular complexity index is 992. The summed E-state index contributed by atoms with van der Waals surface area (Å²) in [6.07, 6.45) is 2.34. The predicted molar refractivity (Wildman–Crippen MR) is 114 cm³/mol. The minimum absolute atomic E-state index is 0.0964. The molecule has 0 spiro atoms. The number of fused-ring (bicyclic) bond motifs is 3. The summed E-state index contributed by atoms with van der Waals surface area (Å²) >= 11 is 0. The first-order valence-corrected chi connectivity index (χ1v) is 10.2. The molecule has 2 aliphatic rings. The summed E-state index contributed by atoms with van der Waals surface area (Å²) < 4.78 is 0. The van der Waals surface area contributed by atoms with Crippen molar-refractivity contribution in [3.8, 4) is 0 Å². The molecule has 28 heavy (non-hydrogen) atoms. The Morgan fingerprint density at radius 3 is 2.36 bits per heavy atom.